The Labute approximate surface area is 116 Å². The summed E-state index contributed by atoms with van der Waals surface area (Å²) in [4.78, 5) is 13.9. The number of alkyl halides is 2. The molecule has 1 aromatic carbocycles. The molecule has 1 aromatic rings. The molecule has 110 valence electrons. The summed E-state index contributed by atoms with van der Waals surface area (Å²) in [6, 6.07) is 5.69. The molecule has 0 bridgehead atoms. The van der Waals surface area contributed by atoms with Crippen LogP contribution in [0.15, 0.2) is 24.3 Å². The van der Waals surface area contributed by atoms with E-state index in [2.05, 4.69) is 4.74 Å². The van der Waals surface area contributed by atoms with Gasteiger partial charge in [-0.25, -0.2) is 0 Å². The number of halogens is 2. The second-order valence-electron chi connectivity index (χ2n) is 4.82. The molecule has 1 N–H and O–H groups in total. The summed E-state index contributed by atoms with van der Waals surface area (Å²) in [5.74, 6) is 0.182. The summed E-state index contributed by atoms with van der Waals surface area (Å²) in [5, 5.41) is 9.06. The van der Waals surface area contributed by atoms with Gasteiger partial charge in [0.2, 0.25) is 0 Å². The van der Waals surface area contributed by atoms with Crippen LogP contribution < -0.4 is 4.74 Å². The lowest BCUT2D eigenvalue weighted by molar-refractivity contribution is -0.0498. The Morgan fingerprint density at radius 3 is 2.40 bits per heavy atom. The highest BCUT2D eigenvalue weighted by Gasteiger charge is 2.23. The SMILES string of the molecule is O=C(c1ccc(OC(F)F)cc1)N1CCC(CO)CC1. The van der Waals surface area contributed by atoms with E-state index in [1.54, 1.807) is 4.90 Å². The van der Waals surface area contributed by atoms with Crippen molar-refractivity contribution in [2.75, 3.05) is 19.7 Å². The van der Waals surface area contributed by atoms with Gasteiger partial charge in [-0.15, -0.1) is 0 Å². The number of nitrogens with zero attached hydrogens (tertiary/aromatic N) is 1. The molecule has 1 amide bonds. The van der Waals surface area contributed by atoms with Crippen molar-refractivity contribution in [2.45, 2.75) is 19.5 Å². The maximum Gasteiger partial charge on any atom is 0.387 e. The summed E-state index contributed by atoms with van der Waals surface area (Å²) >= 11 is 0. The number of amides is 1. The fourth-order valence-electron chi connectivity index (χ4n) is 2.28. The van der Waals surface area contributed by atoms with Crippen molar-refractivity contribution >= 4 is 5.91 Å². The van der Waals surface area contributed by atoms with Gasteiger partial charge in [0, 0.05) is 25.3 Å². The zero-order valence-corrected chi connectivity index (χ0v) is 11.0. The van der Waals surface area contributed by atoms with E-state index in [1.165, 1.54) is 24.3 Å². The largest absolute Gasteiger partial charge is 0.435 e. The number of likely N-dealkylation sites (tertiary alicyclic amines) is 1. The Balaban J connectivity index is 1.95. The third-order valence-corrected chi connectivity index (χ3v) is 3.49. The van der Waals surface area contributed by atoms with Gasteiger partial charge in [0.05, 0.1) is 0 Å². The van der Waals surface area contributed by atoms with E-state index in [4.69, 9.17) is 5.11 Å². The number of hydrogen-bond donors (Lipinski definition) is 1. The van der Waals surface area contributed by atoms with Crippen LogP contribution in [0.1, 0.15) is 23.2 Å². The van der Waals surface area contributed by atoms with E-state index in [1.807, 2.05) is 0 Å². The van der Waals surface area contributed by atoms with Gasteiger partial charge in [0.25, 0.3) is 5.91 Å². The van der Waals surface area contributed by atoms with Crippen LogP contribution in [0.25, 0.3) is 0 Å². The van der Waals surface area contributed by atoms with E-state index in [0.717, 1.165) is 12.8 Å². The maximum atomic E-state index is 12.2. The average Bonchev–Trinajstić information content (AvgIpc) is 2.47. The van der Waals surface area contributed by atoms with Gasteiger partial charge in [0.15, 0.2) is 0 Å². The number of ether oxygens (including phenoxy) is 1. The topological polar surface area (TPSA) is 49.8 Å². The third-order valence-electron chi connectivity index (χ3n) is 3.49. The number of rotatable bonds is 4. The van der Waals surface area contributed by atoms with Crippen LogP contribution in [0.3, 0.4) is 0 Å². The Morgan fingerprint density at radius 2 is 1.90 bits per heavy atom. The minimum atomic E-state index is -2.87. The highest BCUT2D eigenvalue weighted by Crippen LogP contribution is 2.20. The summed E-state index contributed by atoms with van der Waals surface area (Å²) in [5.41, 5.74) is 0.453. The Kier molecular flexibility index (Phi) is 4.89. The molecule has 0 radical (unpaired) electrons. The van der Waals surface area contributed by atoms with Crippen LogP contribution in [-0.4, -0.2) is 42.2 Å². The van der Waals surface area contributed by atoms with Crippen molar-refractivity contribution in [2.24, 2.45) is 5.92 Å². The summed E-state index contributed by atoms with van der Waals surface area (Å²) in [7, 11) is 0. The van der Waals surface area contributed by atoms with Crippen molar-refractivity contribution in [3.63, 3.8) is 0 Å². The zero-order valence-electron chi connectivity index (χ0n) is 11.0. The molecule has 1 fully saturated rings. The van der Waals surface area contributed by atoms with E-state index in [0.29, 0.717) is 18.7 Å². The van der Waals surface area contributed by atoms with Crippen LogP contribution in [-0.2, 0) is 0 Å². The molecule has 1 aliphatic heterocycles. The number of hydrogen-bond acceptors (Lipinski definition) is 3. The lowest BCUT2D eigenvalue weighted by atomic mass is 9.97. The third kappa shape index (κ3) is 3.66. The standard InChI is InChI=1S/C14H17F2NO3/c15-14(16)20-12-3-1-11(2-4-12)13(19)17-7-5-10(9-18)6-8-17/h1-4,10,14,18H,5-9H2. The van der Waals surface area contributed by atoms with E-state index >= 15 is 0 Å². The first-order valence-corrected chi connectivity index (χ1v) is 6.55. The second-order valence-corrected chi connectivity index (χ2v) is 4.82. The van der Waals surface area contributed by atoms with Gasteiger partial charge in [-0.3, -0.25) is 4.79 Å². The summed E-state index contributed by atoms with van der Waals surface area (Å²) in [6.45, 7) is -1.49. The van der Waals surface area contributed by atoms with Crippen LogP contribution in [0.2, 0.25) is 0 Å². The molecule has 1 heterocycles. The first kappa shape index (κ1) is 14.7. The van der Waals surface area contributed by atoms with Crippen LogP contribution in [0.5, 0.6) is 5.75 Å². The molecule has 6 heteroatoms. The fourth-order valence-corrected chi connectivity index (χ4v) is 2.28. The van der Waals surface area contributed by atoms with Gasteiger partial charge in [0.1, 0.15) is 5.75 Å². The van der Waals surface area contributed by atoms with Crippen molar-refractivity contribution in [1.82, 2.24) is 4.90 Å². The van der Waals surface area contributed by atoms with Crippen molar-refractivity contribution < 1.29 is 23.4 Å². The Hall–Kier alpha value is -1.69. The first-order valence-electron chi connectivity index (χ1n) is 6.55. The Bertz CT molecular complexity index is 442. The van der Waals surface area contributed by atoms with Crippen molar-refractivity contribution in [3.05, 3.63) is 29.8 Å². The highest BCUT2D eigenvalue weighted by molar-refractivity contribution is 5.94. The van der Waals surface area contributed by atoms with Crippen molar-refractivity contribution in [1.29, 1.82) is 0 Å². The predicted molar refractivity (Wildman–Crippen MR) is 68.8 cm³/mol. The maximum absolute atomic E-state index is 12.2. The molecule has 0 unspecified atom stereocenters. The fraction of sp³-hybridized carbons (Fsp3) is 0.500. The van der Waals surface area contributed by atoms with Gasteiger partial charge < -0.3 is 14.7 Å². The van der Waals surface area contributed by atoms with Gasteiger partial charge in [-0.05, 0) is 43.0 Å². The van der Waals surface area contributed by atoms with E-state index in [-0.39, 0.29) is 24.2 Å². The predicted octanol–water partition coefficient (Wildman–Crippen LogP) is 2.13. The monoisotopic (exact) mass is 285 g/mol. The van der Waals surface area contributed by atoms with Gasteiger partial charge >= 0.3 is 6.61 Å². The molecule has 0 aliphatic carbocycles. The highest BCUT2D eigenvalue weighted by atomic mass is 19.3. The molecule has 0 atom stereocenters. The molecular formula is C14H17F2NO3. The lowest BCUT2D eigenvalue weighted by Crippen LogP contribution is -2.39. The molecule has 0 aromatic heterocycles. The number of aliphatic hydroxyl groups is 1. The summed E-state index contributed by atoms with van der Waals surface area (Å²) < 4.78 is 28.3. The van der Waals surface area contributed by atoms with Crippen molar-refractivity contribution in [3.8, 4) is 5.75 Å². The zero-order chi connectivity index (χ0) is 14.5. The molecule has 0 spiro atoms. The van der Waals surface area contributed by atoms with E-state index < -0.39 is 6.61 Å². The quantitative estimate of drug-likeness (QED) is 0.922. The molecule has 20 heavy (non-hydrogen) atoms. The molecular weight excluding hydrogens is 268 g/mol. The normalized spacial score (nSPS) is 16.5. The van der Waals surface area contributed by atoms with Gasteiger partial charge in [-0.2, -0.15) is 8.78 Å². The molecule has 0 saturated carbocycles. The minimum Gasteiger partial charge on any atom is -0.435 e. The smallest absolute Gasteiger partial charge is 0.387 e. The van der Waals surface area contributed by atoms with Crippen LogP contribution in [0, 0.1) is 5.92 Å². The number of aliphatic hydroxyl groups excluding tert-OH is 1. The number of carbonyl (C=O) groups excluding carboxylic acids is 1. The van der Waals surface area contributed by atoms with E-state index in [9.17, 15) is 13.6 Å². The van der Waals surface area contributed by atoms with Crippen LogP contribution >= 0.6 is 0 Å². The molecule has 1 saturated heterocycles. The molecule has 4 nitrogen and oxygen atoms in total. The number of benzene rings is 1. The lowest BCUT2D eigenvalue weighted by Gasteiger charge is -2.31. The number of piperidine rings is 1. The Morgan fingerprint density at radius 1 is 1.30 bits per heavy atom. The molecule has 2 rings (SSSR count). The van der Waals surface area contributed by atoms with Crippen LogP contribution in [0.4, 0.5) is 8.78 Å². The average molecular weight is 285 g/mol. The van der Waals surface area contributed by atoms with Gasteiger partial charge in [-0.1, -0.05) is 0 Å². The molecule has 1 aliphatic rings. The second kappa shape index (κ2) is 6.65. The first-order chi connectivity index (χ1) is 9.60. The number of carbonyl (C=O) groups is 1. The minimum absolute atomic E-state index is 0.0375. The summed E-state index contributed by atoms with van der Waals surface area (Å²) in [6.07, 6.45) is 1.57.